The molecule has 2 saturated heterocycles. The number of rotatable bonds is 5. The Morgan fingerprint density at radius 2 is 1.77 bits per heavy atom. The van der Waals surface area contributed by atoms with Gasteiger partial charge in [0.05, 0.1) is 18.9 Å². The van der Waals surface area contributed by atoms with E-state index in [1.807, 2.05) is 30.3 Å². The molecule has 4 unspecified atom stereocenters. The Hall–Kier alpha value is -3.19. The summed E-state index contributed by atoms with van der Waals surface area (Å²) in [7, 11) is 1.29. The summed E-state index contributed by atoms with van der Waals surface area (Å²) in [5, 5.41) is 13.0. The summed E-state index contributed by atoms with van der Waals surface area (Å²) < 4.78 is 5.15. The number of phenols is 1. The predicted molar refractivity (Wildman–Crippen MR) is 108 cm³/mol. The van der Waals surface area contributed by atoms with E-state index in [2.05, 4.69) is 5.32 Å². The van der Waals surface area contributed by atoms with Gasteiger partial charge in [0, 0.05) is 19.0 Å². The minimum absolute atomic E-state index is 0.0980. The number of hydrogen-bond acceptors (Lipinski definition) is 6. The molecule has 2 aromatic rings. The fourth-order valence-corrected chi connectivity index (χ4v) is 4.87. The lowest BCUT2D eigenvalue weighted by Gasteiger charge is -2.32. The Balaban J connectivity index is 1.86. The van der Waals surface area contributed by atoms with Gasteiger partial charge in [-0.3, -0.25) is 24.6 Å². The molecule has 0 aliphatic carbocycles. The number of phenolic OH excluding ortho intramolecular Hbond substituents is 1. The Morgan fingerprint density at radius 1 is 1.10 bits per heavy atom. The van der Waals surface area contributed by atoms with E-state index in [1.54, 1.807) is 19.1 Å². The van der Waals surface area contributed by atoms with Crippen LogP contribution in [0.3, 0.4) is 0 Å². The van der Waals surface area contributed by atoms with Gasteiger partial charge in [-0.05, 0) is 30.2 Å². The summed E-state index contributed by atoms with van der Waals surface area (Å²) in [6.45, 7) is 1.99. The van der Waals surface area contributed by atoms with Crippen LogP contribution in [-0.2, 0) is 25.5 Å². The van der Waals surface area contributed by atoms with E-state index >= 15 is 0 Å². The number of carbonyl (C=O) groups excluding carboxylic acids is 3. The summed E-state index contributed by atoms with van der Waals surface area (Å²) in [5.74, 6) is -2.73. The Bertz CT molecular complexity index is 975. The molecule has 0 radical (unpaired) electrons. The van der Waals surface area contributed by atoms with Gasteiger partial charge in [0.15, 0.2) is 0 Å². The van der Waals surface area contributed by atoms with Gasteiger partial charge < -0.3 is 9.84 Å². The first-order chi connectivity index (χ1) is 14.4. The number of nitrogens with one attached hydrogen (secondary N) is 1. The van der Waals surface area contributed by atoms with Crippen molar-refractivity contribution in [3.63, 3.8) is 0 Å². The first-order valence-electron chi connectivity index (χ1n) is 9.97. The smallest absolute Gasteiger partial charge is 0.327 e. The standard InChI is InChI=1S/C23H24N2O5/c1-3-25-20(27)17-18(21(25)28)23(22(29)30-2,13-14-7-5-4-6-8-14)24-19(17)15-9-11-16(26)12-10-15/h4-12,17-19,24,26H,3,13H2,1-2H3. The number of imide groups is 1. The Morgan fingerprint density at radius 3 is 2.37 bits per heavy atom. The van der Waals surface area contributed by atoms with Crippen LogP contribution in [-0.4, -0.2) is 47.0 Å². The second-order valence-corrected chi connectivity index (χ2v) is 7.76. The van der Waals surface area contributed by atoms with Crippen LogP contribution in [0, 0.1) is 11.8 Å². The minimum atomic E-state index is -1.38. The third kappa shape index (κ3) is 2.97. The lowest BCUT2D eigenvalue weighted by Crippen LogP contribution is -2.57. The minimum Gasteiger partial charge on any atom is -0.508 e. The number of aromatic hydroxyl groups is 1. The molecule has 2 amide bonds. The molecule has 7 nitrogen and oxygen atoms in total. The van der Waals surface area contributed by atoms with Crippen LogP contribution in [0.4, 0.5) is 0 Å². The molecule has 7 heteroatoms. The fourth-order valence-electron chi connectivity index (χ4n) is 4.87. The van der Waals surface area contributed by atoms with Crippen molar-refractivity contribution in [1.82, 2.24) is 10.2 Å². The zero-order valence-corrected chi connectivity index (χ0v) is 16.9. The van der Waals surface area contributed by atoms with Gasteiger partial charge in [0.1, 0.15) is 11.3 Å². The molecule has 2 heterocycles. The summed E-state index contributed by atoms with van der Waals surface area (Å²) in [6, 6.07) is 15.3. The maximum atomic E-state index is 13.3. The second-order valence-electron chi connectivity index (χ2n) is 7.76. The highest BCUT2D eigenvalue weighted by Gasteiger charge is 2.68. The normalized spacial score (nSPS) is 27.9. The van der Waals surface area contributed by atoms with Crippen LogP contribution < -0.4 is 5.32 Å². The van der Waals surface area contributed by atoms with Crippen LogP contribution in [0.5, 0.6) is 5.75 Å². The van der Waals surface area contributed by atoms with Crippen LogP contribution >= 0.6 is 0 Å². The van der Waals surface area contributed by atoms with Gasteiger partial charge in [-0.25, -0.2) is 0 Å². The van der Waals surface area contributed by atoms with Gasteiger partial charge in [-0.1, -0.05) is 42.5 Å². The van der Waals surface area contributed by atoms with Crippen LogP contribution in [0.25, 0.3) is 0 Å². The van der Waals surface area contributed by atoms with E-state index in [0.717, 1.165) is 11.1 Å². The number of ether oxygens (including phenoxy) is 1. The van der Waals surface area contributed by atoms with Crippen LogP contribution in [0.1, 0.15) is 24.1 Å². The fraction of sp³-hybridized carbons (Fsp3) is 0.348. The van der Waals surface area contributed by atoms with E-state index in [0.29, 0.717) is 0 Å². The average Bonchev–Trinajstić information content (AvgIpc) is 3.23. The highest BCUT2D eigenvalue weighted by molar-refractivity contribution is 6.09. The maximum Gasteiger partial charge on any atom is 0.327 e. The molecule has 0 spiro atoms. The second kappa shape index (κ2) is 7.57. The van der Waals surface area contributed by atoms with Crippen molar-refractivity contribution >= 4 is 17.8 Å². The number of benzene rings is 2. The first-order valence-corrected chi connectivity index (χ1v) is 9.97. The van der Waals surface area contributed by atoms with Gasteiger partial charge in [0.2, 0.25) is 11.8 Å². The number of esters is 1. The van der Waals surface area contributed by atoms with Gasteiger partial charge in [-0.2, -0.15) is 0 Å². The van der Waals surface area contributed by atoms with Crippen LogP contribution in [0.15, 0.2) is 54.6 Å². The van der Waals surface area contributed by atoms with Crippen molar-refractivity contribution in [3.05, 3.63) is 65.7 Å². The molecule has 4 rings (SSSR count). The van der Waals surface area contributed by atoms with E-state index < -0.39 is 29.4 Å². The molecule has 2 aliphatic rings. The molecular formula is C23H24N2O5. The monoisotopic (exact) mass is 408 g/mol. The van der Waals surface area contributed by atoms with Gasteiger partial charge in [-0.15, -0.1) is 0 Å². The first kappa shape index (κ1) is 20.1. The van der Waals surface area contributed by atoms with Crippen molar-refractivity contribution < 1.29 is 24.2 Å². The molecule has 2 aliphatic heterocycles. The molecule has 30 heavy (non-hydrogen) atoms. The summed E-state index contributed by atoms with van der Waals surface area (Å²) in [5.41, 5.74) is 0.205. The highest BCUT2D eigenvalue weighted by Crippen LogP contribution is 2.50. The van der Waals surface area contributed by atoms with E-state index in [4.69, 9.17) is 4.74 Å². The lowest BCUT2D eigenvalue weighted by molar-refractivity contribution is -0.154. The lowest BCUT2D eigenvalue weighted by atomic mass is 9.76. The number of methoxy groups -OCH3 is 1. The molecular weight excluding hydrogens is 384 g/mol. The molecule has 2 N–H and O–H groups in total. The molecule has 0 bridgehead atoms. The quantitative estimate of drug-likeness (QED) is 0.579. The SMILES string of the molecule is CCN1C(=O)C2C(c3ccc(O)cc3)NC(Cc3ccccc3)(C(=O)OC)C2C1=O. The van der Waals surface area contributed by atoms with Crippen molar-refractivity contribution in [2.24, 2.45) is 11.8 Å². The number of fused-ring (bicyclic) bond motifs is 1. The summed E-state index contributed by atoms with van der Waals surface area (Å²) >= 11 is 0. The molecule has 4 atom stereocenters. The van der Waals surface area contributed by atoms with Crippen molar-refractivity contribution in [2.45, 2.75) is 24.9 Å². The summed E-state index contributed by atoms with van der Waals surface area (Å²) in [6.07, 6.45) is 0.215. The predicted octanol–water partition coefficient (Wildman–Crippen LogP) is 1.81. The highest BCUT2D eigenvalue weighted by atomic mass is 16.5. The number of carbonyl (C=O) groups is 3. The van der Waals surface area contributed by atoms with Gasteiger partial charge >= 0.3 is 5.97 Å². The zero-order valence-electron chi connectivity index (χ0n) is 16.9. The zero-order chi connectivity index (χ0) is 21.5. The number of likely N-dealkylation sites (tertiary alicyclic amines) is 1. The van der Waals surface area contributed by atoms with Crippen molar-refractivity contribution in [1.29, 1.82) is 0 Å². The third-order valence-electron chi connectivity index (χ3n) is 6.19. The van der Waals surface area contributed by atoms with Crippen molar-refractivity contribution in [3.8, 4) is 5.75 Å². The number of hydrogen-bond donors (Lipinski definition) is 2. The molecule has 0 saturated carbocycles. The molecule has 2 aromatic carbocycles. The summed E-state index contributed by atoms with van der Waals surface area (Å²) in [4.78, 5) is 40.9. The maximum absolute atomic E-state index is 13.3. The van der Waals surface area contributed by atoms with Gasteiger partial charge in [0.25, 0.3) is 0 Å². The Kier molecular flexibility index (Phi) is 5.07. The largest absolute Gasteiger partial charge is 0.508 e. The number of nitrogens with zero attached hydrogens (tertiary/aromatic N) is 1. The van der Waals surface area contributed by atoms with E-state index in [1.165, 1.54) is 24.1 Å². The molecule has 0 aromatic heterocycles. The average molecular weight is 408 g/mol. The third-order valence-corrected chi connectivity index (χ3v) is 6.19. The molecule has 156 valence electrons. The van der Waals surface area contributed by atoms with E-state index in [9.17, 15) is 19.5 Å². The number of amides is 2. The topological polar surface area (TPSA) is 95.9 Å². The van der Waals surface area contributed by atoms with E-state index in [-0.39, 0.29) is 30.5 Å². The Labute approximate surface area is 174 Å². The van der Waals surface area contributed by atoms with Crippen molar-refractivity contribution in [2.75, 3.05) is 13.7 Å². The molecule has 2 fully saturated rings. The van der Waals surface area contributed by atoms with Crippen LogP contribution in [0.2, 0.25) is 0 Å².